The first kappa shape index (κ1) is 16.5. The molecule has 1 amide bonds. The number of nitrogens with zero attached hydrogens (tertiary/aromatic N) is 4. The van der Waals surface area contributed by atoms with Crippen LogP contribution in [-0.2, 0) is 17.9 Å². The number of hydrogen-bond donors (Lipinski definition) is 0. The van der Waals surface area contributed by atoms with E-state index in [4.69, 9.17) is 11.6 Å². The van der Waals surface area contributed by atoms with E-state index in [1.54, 1.807) is 10.9 Å². The average molecular weight is 398 g/mol. The van der Waals surface area contributed by atoms with Crippen molar-refractivity contribution in [3.63, 3.8) is 0 Å². The molecule has 23 heavy (non-hydrogen) atoms. The molecule has 1 aliphatic rings. The van der Waals surface area contributed by atoms with E-state index < -0.39 is 0 Å². The molecule has 1 fully saturated rings. The maximum absolute atomic E-state index is 12.3. The number of benzene rings is 1. The van der Waals surface area contributed by atoms with Crippen molar-refractivity contribution in [2.75, 3.05) is 26.2 Å². The summed E-state index contributed by atoms with van der Waals surface area (Å²) in [6.45, 7) is 4.32. The fourth-order valence-corrected chi connectivity index (χ4v) is 3.21. The molecule has 1 aromatic heterocycles. The van der Waals surface area contributed by atoms with E-state index in [0.717, 1.165) is 47.8 Å². The number of halogens is 2. The molecule has 122 valence electrons. The Labute approximate surface area is 148 Å². The van der Waals surface area contributed by atoms with E-state index in [9.17, 15) is 4.79 Å². The number of carbonyl (C=O) groups is 1. The topological polar surface area (TPSA) is 41.4 Å². The first-order valence-electron chi connectivity index (χ1n) is 7.53. The second kappa shape index (κ2) is 7.47. The second-order valence-corrected chi connectivity index (χ2v) is 6.93. The number of rotatable bonds is 4. The van der Waals surface area contributed by atoms with Crippen molar-refractivity contribution < 1.29 is 4.79 Å². The lowest BCUT2D eigenvalue weighted by Gasteiger charge is -2.34. The van der Waals surface area contributed by atoms with Crippen LogP contribution in [0.5, 0.6) is 0 Å². The number of aromatic nitrogens is 2. The highest BCUT2D eigenvalue weighted by Crippen LogP contribution is 2.18. The molecule has 7 heteroatoms. The molecule has 0 unspecified atom stereocenters. The summed E-state index contributed by atoms with van der Waals surface area (Å²) in [5.74, 6) is 0.109. The zero-order chi connectivity index (χ0) is 16.2. The molecule has 2 aromatic rings. The lowest BCUT2D eigenvalue weighted by molar-refractivity contribution is -0.133. The maximum Gasteiger partial charge on any atom is 0.244 e. The van der Waals surface area contributed by atoms with Crippen LogP contribution in [0.1, 0.15) is 5.56 Å². The van der Waals surface area contributed by atoms with Crippen LogP contribution in [0, 0.1) is 0 Å². The van der Waals surface area contributed by atoms with Crippen molar-refractivity contribution in [1.82, 2.24) is 19.6 Å². The van der Waals surface area contributed by atoms with Crippen molar-refractivity contribution in [1.29, 1.82) is 0 Å². The van der Waals surface area contributed by atoms with E-state index in [2.05, 4.69) is 32.0 Å². The van der Waals surface area contributed by atoms with Gasteiger partial charge in [-0.05, 0) is 27.6 Å². The molecular formula is C16H18BrClN4O. The number of carbonyl (C=O) groups excluding carboxylic acids is 1. The SMILES string of the molecule is O=C(Cn1cc(Br)cn1)N1CCN(Cc2ccccc2Cl)CC1. The minimum absolute atomic E-state index is 0.109. The summed E-state index contributed by atoms with van der Waals surface area (Å²) in [6, 6.07) is 7.91. The largest absolute Gasteiger partial charge is 0.339 e. The Kier molecular flexibility index (Phi) is 5.35. The van der Waals surface area contributed by atoms with Gasteiger partial charge in [0.1, 0.15) is 6.54 Å². The lowest BCUT2D eigenvalue weighted by atomic mass is 10.2. The predicted octanol–water partition coefficient (Wildman–Crippen LogP) is 2.64. The van der Waals surface area contributed by atoms with E-state index in [0.29, 0.717) is 0 Å². The van der Waals surface area contributed by atoms with Gasteiger partial charge in [-0.25, -0.2) is 0 Å². The van der Waals surface area contributed by atoms with Crippen LogP contribution in [0.15, 0.2) is 41.1 Å². The Bertz CT molecular complexity index is 682. The molecule has 0 N–H and O–H groups in total. The van der Waals surface area contributed by atoms with Crippen LogP contribution in [0.25, 0.3) is 0 Å². The van der Waals surface area contributed by atoms with Gasteiger partial charge in [-0.1, -0.05) is 29.8 Å². The van der Waals surface area contributed by atoms with Crippen LogP contribution < -0.4 is 0 Å². The van der Waals surface area contributed by atoms with Crippen LogP contribution in [0.2, 0.25) is 5.02 Å². The summed E-state index contributed by atoms with van der Waals surface area (Å²) >= 11 is 9.55. The molecule has 0 aliphatic carbocycles. The van der Waals surface area contributed by atoms with Crippen LogP contribution in [-0.4, -0.2) is 51.7 Å². The fourth-order valence-electron chi connectivity index (χ4n) is 2.69. The van der Waals surface area contributed by atoms with Gasteiger partial charge in [-0.3, -0.25) is 14.4 Å². The number of hydrogen-bond acceptors (Lipinski definition) is 3. The highest BCUT2D eigenvalue weighted by atomic mass is 79.9. The van der Waals surface area contributed by atoms with Crippen molar-refractivity contribution in [3.05, 3.63) is 51.7 Å². The Morgan fingerprint density at radius 2 is 1.96 bits per heavy atom. The molecule has 1 aromatic carbocycles. The Balaban J connectivity index is 1.50. The normalized spacial score (nSPS) is 15.8. The minimum Gasteiger partial charge on any atom is -0.339 e. The quantitative estimate of drug-likeness (QED) is 0.796. The molecule has 2 heterocycles. The monoisotopic (exact) mass is 396 g/mol. The summed E-state index contributed by atoms with van der Waals surface area (Å²) < 4.78 is 2.54. The predicted molar refractivity (Wildman–Crippen MR) is 93.2 cm³/mol. The van der Waals surface area contributed by atoms with Crippen molar-refractivity contribution in [3.8, 4) is 0 Å². The van der Waals surface area contributed by atoms with Gasteiger partial charge < -0.3 is 4.90 Å². The number of piperazine rings is 1. The maximum atomic E-state index is 12.3. The molecule has 0 atom stereocenters. The first-order valence-corrected chi connectivity index (χ1v) is 8.70. The molecule has 1 saturated heterocycles. The number of amides is 1. The molecule has 0 bridgehead atoms. The highest BCUT2D eigenvalue weighted by Gasteiger charge is 2.21. The van der Waals surface area contributed by atoms with E-state index in [1.807, 2.05) is 29.3 Å². The molecular weight excluding hydrogens is 380 g/mol. The lowest BCUT2D eigenvalue weighted by Crippen LogP contribution is -2.49. The Morgan fingerprint density at radius 3 is 2.61 bits per heavy atom. The Morgan fingerprint density at radius 1 is 1.22 bits per heavy atom. The van der Waals surface area contributed by atoms with Gasteiger partial charge in [-0.2, -0.15) is 5.10 Å². The average Bonchev–Trinajstić information content (AvgIpc) is 2.95. The van der Waals surface area contributed by atoms with Crippen LogP contribution >= 0.6 is 27.5 Å². The summed E-state index contributed by atoms with van der Waals surface area (Å²) in [6.07, 6.45) is 3.50. The third-order valence-corrected chi connectivity index (χ3v) is 4.75. The van der Waals surface area contributed by atoms with E-state index in [-0.39, 0.29) is 12.5 Å². The molecule has 1 aliphatic heterocycles. The highest BCUT2D eigenvalue weighted by molar-refractivity contribution is 9.10. The summed E-state index contributed by atoms with van der Waals surface area (Å²) in [7, 11) is 0. The van der Waals surface area contributed by atoms with Crippen LogP contribution in [0.3, 0.4) is 0 Å². The fraction of sp³-hybridized carbons (Fsp3) is 0.375. The van der Waals surface area contributed by atoms with E-state index >= 15 is 0 Å². The third-order valence-electron chi connectivity index (χ3n) is 3.98. The zero-order valence-corrected chi connectivity index (χ0v) is 15.0. The van der Waals surface area contributed by atoms with E-state index in [1.165, 1.54) is 0 Å². The Hall–Kier alpha value is -1.37. The third kappa shape index (κ3) is 4.34. The molecule has 3 rings (SSSR count). The van der Waals surface area contributed by atoms with Gasteiger partial charge in [-0.15, -0.1) is 0 Å². The summed E-state index contributed by atoms with van der Waals surface area (Å²) in [5, 5.41) is 4.93. The molecule has 0 radical (unpaired) electrons. The minimum atomic E-state index is 0.109. The molecule has 0 spiro atoms. The van der Waals surface area contributed by atoms with Gasteiger partial charge in [0.15, 0.2) is 0 Å². The second-order valence-electron chi connectivity index (χ2n) is 5.60. The van der Waals surface area contributed by atoms with Gasteiger partial charge in [0.05, 0.1) is 10.7 Å². The standard InChI is InChI=1S/C16H18BrClN4O/c17-14-9-19-22(11-14)12-16(23)21-7-5-20(6-8-21)10-13-3-1-2-4-15(13)18/h1-4,9,11H,5-8,10,12H2. The van der Waals surface area contributed by atoms with Gasteiger partial charge in [0.25, 0.3) is 0 Å². The van der Waals surface area contributed by atoms with Crippen molar-refractivity contribution in [2.24, 2.45) is 0 Å². The summed E-state index contributed by atoms with van der Waals surface area (Å²) in [5.41, 5.74) is 1.13. The zero-order valence-electron chi connectivity index (χ0n) is 12.7. The van der Waals surface area contributed by atoms with Crippen LogP contribution in [0.4, 0.5) is 0 Å². The first-order chi connectivity index (χ1) is 11.1. The van der Waals surface area contributed by atoms with Crippen molar-refractivity contribution in [2.45, 2.75) is 13.1 Å². The van der Waals surface area contributed by atoms with Crippen molar-refractivity contribution >= 4 is 33.4 Å². The molecule has 5 nitrogen and oxygen atoms in total. The smallest absolute Gasteiger partial charge is 0.244 e. The van der Waals surface area contributed by atoms with Gasteiger partial charge in [0, 0.05) is 43.9 Å². The summed E-state index contributed by atoms with van der Waals surface area (Å²) in [4.78, 5) is 16.5. The molecule has 0 saturated carbocycles. The van der Waals surface area contributed by atoms with Gasteiger partial charge in [0.2, 0.25) is 5.91 Å². The van der Waals surface area contributed by atoms with Gasteiger partial charge >= 0.3 is 0 Å².